The number of carbonyl (C=O) groups is 2. The number of aryl methyl sites for hydroxylation is 3. The van der Waals surface area contributed by atoms with Crippen LogP contribution in [0.5, 0.6) is 0 Å². The summed E-state index contributed by atoms with van der Waals surface area (Å²) in [5, 5.41) is 3.08. The largest absolute Gasteiger partial charge is 0.352 e. The molecule has 0 aliphatic rings. The van der Waals surface area contributed by atoms with Gasteiger partial charge in [0.05, 0.1) is 10.6 Å². The van der Waals surface area contributed by atoms with Crippen LogP contribution in [0.1, 0.15) is 48.1 Å². The van der Waals surface area contributed by atoms with Gasteiger partial charge >= 0.3 is 0 Å². The van der Waals surface area contributed by atoms with Crippen molar-refractivity contribution in [2.24, 2.45) is 0 Å². The van der Waals surface area contributed by atoms with Gasteiger partial charge in [0.15, 0.2) is 0 Å². The molecule has 0 spiro atoms. The van der Waals surface area contributed by atoms with Crippen LogP contribution in [0.25, 0.3) is 0 Å². The molecule has 0 bridgehead atoms. The highest BCUT2D eigenvalue weighted by Gasteiger charge is 2.35. The smallest absolute Gasteiger partial charge is 0.264 e. The van der Waals surface area contributed by atoms with Gasteiger partial charge < -0.3 is 10.2 Å². The number of hydrogen-bond acceptors (Lipinski definition) is 4. The second kappa shape index (κ2) is 15.0. The molecule has 45 heavy (non-hydrogen) atoms. The van der Waals surface area contributed by atoms with Gasteiger partial charge in [0.1, 0.15) is 12.6 Å². The Morgan fingerprint density at radius 3 is 2.02 bits per heavy atom. The highest BCUT2D eigenvalue weighted by Crippen LogP contribution is 2.27. The number of benzene rings is 4. The molecule has 4 aromatic carbocycles. The molecule has 4 aromatic rings. The van der Waals surface area contributed by atoms with Crippen LogP contribution in [0, 0.1) is 20.8 Å². The van der Waals surface area contributed by atoms with Crippen LogP contribution in [-0.2, 0) is 32.6 Å². The van der Waals surface area contributed by atoms with Crippen molar-refractivity contribution in [2.75, 3.05) is 10.8 Å². The zero-order valence-corrected chi connectivity index (χ0v) is 27.6. The molecule has 2 atom stereocenters. The Labute approximate surface area is 268 Å². The number of nitrogens with zero attached hydrogens (tertiary/aromatic N) is 2. The van der Waals surface area contributed by atoms with Crippen LogP contribution in [-0.4, -0.2) is 43.8 Å². The van der Waals surface area contributed by atoms with E-state index in [4.69, 9.17) is 0 Å². The van der Waals surface area contributed by atoms with E-state index < -0.39 is 28.5 Å². The van der Waals surface area contributed by atoms with E-state index in [9.17, 15) is 18.0 Å². The van der Waals surface area contributed by atoms with E-state index in [2.05, 4.69) is 5.32 Å². The molecule has 0 saturated heterocycles. The first-order valence-electron chi connectivity index (χ1n) is 15.3. The molecule has 0 saturated carbocycles. The fourth-order valence-corrected chi connectivity index (χ4v) is 6.52. The average Bonchev–Trinajstić information content (AvgIpc) is 3.04. The van der Waals surface area contributed by atoms with Crippen LogP contribution in [0.3, 0.4) is 0 Å². The predicted octanol–water partition coefficient (Wildman–Crippen LogP) is 6.36. The van der Waals surface area contributed by atoms with Crippen molar-refractivity contribution < 1.29 is 18.0 Å². The monoisotopic (exact) mass is 625 g/mol. The zero-order chi connectivity index (χ0) is 32.6. The SMILES string of the molecule is CC[C@@H](C)NC(=O)[C@H](Cc1ccccc1)N(Cc1ccccc1C)C(=O)CN(c1ccc(C)c(C)c1)S(=O)(=O)c1ccccc1. The standard InChI is InChI=1S/C37H43N3O4S/c1-6-30(5)38-37(42)35(24-31-16-9-7-10-17-31)39(25-32-18-14-13-15-28(32)3)36(41)26-40(33-22-21-27(2)29(4)23-33)45(43,44)34-19-11-8-12-20-34/h7-23,30,35H,6,24-26H2,1-5H3,(H,38,42)/t30-,35+/m1/s1. The molecular formula is C37H43N3O4S. The number of amides is 2. The van der Waals surface area contributed by atoms with E-state index in [1.165, 1.54) is 12.1 Å². The lowest BCUT2D eigenvalue weighted by molar-refractivity contribution is -0.140. The van der Waals surface area contributed by atoms with Crippen LogP contribution in [0.15, 0.2) is 108 Å². The maximum atomic E-state index is 14.6. The molecule has 7 nitrogen and oxygen atoms in total. The Morgan fingerprint density at radius 2 is 1.40 bits per heavy atom. The van der Waals surface area contributed by atoms with Crippen molar-refractivity contribution in [3.05, 3.63) is 131 Å². The lowest BCUT2D eigenvalue weighted by Gasteiger charge is -2.34. The third-order valence-corrected chi connectivity index (χ3v) is 10.1. The summed E-state index contributed by atoms with van der Waals surface area (Å²) in [7, 11) is -4.14. The van der Waals surface area contributed by atoms with E-state index in [1.54, 1.807) is 35.2 Å². The molecule has 1 N–H and O–H groups in total. The van der Waals surface area contributed by atoms with Crippen molar-refractivity contribution in [1.82, 2.24) is 10.2 Å². The summed E-state index contributed by atoms with van der Waals surface area (Å²) in [4.78, 5) is 30.2. The molecule has 0 heterocycles. The molecule has 0 unspecified atom stereocenters. The highest BCUT2D eigenvalue weighted by atomic mass is 32.2. The lowest BCUT2D eigenvalue weighted by Crippen LogP contribution is -2.54. The van der Waals surface area contributed by atoms with Crippen molar-refractivity contribution >= 4 is 27.5 Å². The average molecular weight is 626 g/mol. The molecule has 0 fully saturated rings. The van der Waals surface area contributed by atoms with Crippen molar-refractivity contribution in [1.29, 1.82) is 0 Å². The normalized spacial score (nSPS) is 12.6. The van der Waals surface area contributed by atoms with Gasteiger partial charge in [-0.15, -0.1) is 0 Å². The van der Waals surface area contributed by atoms with Crippen molar-refractivity contribution in [3.63, 3.8) is 0 Å². The van der Waals surface area contributed by atoms with Gasteiger partial charge in [0, 0.05) is 19.0 Å². The summed E-state index contributed by atoms with van der Waals surface area (Å²) in [5.74, 6) is -0.755. The van der Waals surface area contributed by atoms with Gasteiger partial charge in [-0.05, 0) is 86.2 Å². The van der Waals surface area contributed by atoms with Gasteiger partial charge in [-0.25, -0.2) is 8.42 Å². The van der Waals surface area contributed by atoms with E-state index in [0.29, 0.717) is 5.69 Å². The number of rotatable bonds is 13. The first-order valence-corrected chi connectivity index (χ1v) is 16.8. The molecule has 4 rings (SSSR count). The summed E-state index contributed by atoms with van der Waals surface area (Å²) < 4.78 is 29.5. The molecule has 236 valence electrons. The van der Waals surface area contributed by atoms with Crippen LogP contribution < -0.4 is 9.62 Å². The number of anilines is 1. The Bertz CT molecular complexity index is 1710. The first kappa shape index (κ1) is 33.5. The third kappa shape index (κ3) is 8.39. The van der Waals surface area contributed by atoms with Gasteiger partial charge in [0.2, 0.25) is 11.8 Å². The van der Waals surface area contributed by atoms with Gasteiger partial charge in [-0.1, -0.05) is 85.8 Å². The minimum absolute atomic E-state index is 0.0804. The van der Waals surface area contributed by atoms with Gasteiger partial charge in [-0.3, -0.25) is 13.9 Å². The lowest BCUT2D eigenvalue weighted by atomic mass is 10.0. The number of hydrogen-bond donors (Lipinski definition) is 1. The summed E-state index contributed by atoms with van der Waals surface area (Å²) in [6.07, 6.45) is 1.00. The summed E-state index contributed by atoms with van der Waals surface area (Å²) in [6, 6.07) is 29.8. The maximum Gasteiger partial charge on any atom is 0.264 e. The van der Waals surface area contributed by atoms with Crippen LogP contribution >= 0.6 is 0 Å². The zero-order valence-electron chi connectivity index (χ0n) is 26.7. The van der Waals surface area contributed by atoms with E-state index in [-0.39, 0.29) is 29.8 Å². The molecule has 0 aliphatic carbocycles. The molecule has 0 aromatic heterocycles. The number of nitrogens with one attached hydrogen (secondary N) is 1. The fourth-order valence-electron chi connectivity index (χ4n) is 5.10. The highest BCUT2D eigenvalue weighted by molar-refractivity contribution is 7.92. The number of carbonyl (C=O) groups excluding carboxylic acids is 2. The molecule has 0 radical (unpaired) electrons. The van der Waals surface area contributed by atoms with E-state index >= 15 is 0 Å². The van der Waals surface area contributed by atoms with Crippen LogP contribution in [0.2, 0.25) is 0 Å². The maximum absolute atomic E-state index is 14.6. The Morgan fingerprint density at radius 1 is 0.778 bits per heavy atom. The second-order valence-corrected chi connectivity index (χ2v) is 13.4. The van der Waals surface area contributed by atoms with Gasteiger partial charge in [-0.2, -0.15) is 0 Å². The predicted molar refractivity (Wildman–Crippen MR) is 180 cm³/mol. The second-order valence-electron chi connectivity index (χ2n) is 11.6. The van der Waals surface area contributed by atoms with Crippen molar-refractivity contribution in [2.45, 2.75) is 71.0 Å². The summed E-state index contributed by atoms with van der Waals surface area (Å²) in [6.45, 7) is 9.41. The Balaban J connectivity index is 1.83. The summed E-state index contributed by atoms with van der Waals surface area (Å²) >= 11 is 0. The minimum Gasteiger partial charge on any atom is -0.352 e. The molecule has 0 aliphatic heterocycles. The van der Waals surface area contributed by atoms with Gasteiger partial charge in [0.25, 0.3) is 10.0 Å². The quantitative estimate of drug-likeness (QED) is 0.187. The minimum atomic E-state index is -4.14. The Hall–Kier alpha value is -4.43. The van der Waals surface area contributed by atoms with E-state index in [1.807, 2.05) is 95.3 Å². The molecule has 8 heteroatoms. The first-order chi connectivity index (χ1) is 21.5. The molecule has 2 amide bonds. The summed E-state index contributed by atoms with van der Waals surface area (Å²) in [5.41, 5.74) is 5.04. The Kier molecular flexibility index (Phi) is 11.2. The van der Waals surface area contributed by atoms with Crippen molar-refractivity contribution in [3.8, 4) is 0 Å². The van der Waals surface area contributed by atoms with E-state index in [0.717, 1.165) is 38.5 Å². The third-order valence-electron chi connectivity index (χ3n) is 8.26. The number of sulfonamides is 1. The fraction of sp³-hybridized carbons (Fsp3) is 0.297. The van der Waals surface area contributed by atoms with Crippen LogP contribution in [0.4, 0.5) is 5.69 Å². The molecular weight excluding hydrogens is 582 g/mol. The topological polar surface area (TPSA) is 86.8 Å².